The van der Waals surface area contributed by atoms with Gasteiger partial charge in [0.15, 0.2) is 0 Å². The summed E-state index contributed by atoms with van der Waals surface area (Å²) in [5.74, 6) is -0.119. The van der Waals surface area contributed by atoms with E-state index in [-0.39, 0.29) is 35.9 Å². The van der Waals surface area contributed by atoms with Crippen LogP contribution in [0.4, 0.5) is 0 Å². The van der Waals surface area contributed by atoms with Gasteiger partial charge < -0.3 is 15.4 Å². The lowest BCUT2D eigenvalue weighted by molar-refractivity contribution is 0.0699. The standard InChI is InChI=1S/C13H15N3O2.2ClH/c1-13(6-3-7-14-13)12-15-9-5-2-4-8(11(17)18)10(9)16-12;;/h2,4-5,14H,3,6-7H2,1H3,(H,15,16)(H,17,18);2*1H. The Labute approximate surface area is 129 Å². The van der Waals surface area contributed by atoms with Gasteiger partial charge in [0.25, 0.3) is 0 Å². The fourth-order valence-corrected chi connectivity index (χ4v) is 2.56. The van der Waals surface area contributed by atoms with Gasteiger partial charge in [0.1, 0.15) is 11.3 Å². The van der Waals surface area contributed by atoms with Gasteiger partial charge in [-0.1, -0.05) is 6.07 Å². The van der Waals surface area contributed by atoms with Crippen molar-refractivity contribution in [3.05, 3.63) is 29.6 Å². The number of fused-ring (bicyclic) bond motifs is 1. The highest BCUT2D eigenvalue weighted by molar-refractivity contribution is 6.00. The fourth-order valence-electron chi connectivity index (χ4n) is 2.56. The molecule has 0 radical (unpaired) electrons. The molecule has 0 aliphatic carbocycles. The minimum Gasteiger partial charge on any atom is -0.478 e. The third-order valence-corrected chi connectivity index (χ3v) is 3.63. The first-order valence-corrected chi connectivity index (χ1v) is 6.08. The lowest BCUT2D eigenvalue weighted by Gasteiger charge is -2.21. The molecule has 0 saturated carbocycles. The highest BCUT2D eigenvalue weighted by atomic mass is 35.5. The summed E-state index contributed by atoms with van der Waals surface area (Å²) >= 11 is 0. The molecular weight excluding hydrogens is 301 g/mol. The Bertz CT molecular complexity index is 621. The predicted molar refractivity (Wildman–Crippen MR) is 82.1 cm³/mol. The third-order valence-electron chi connectivity index (χ3n) is 3.63. The van der Waals surface area contributed by atoms with Crippen molar-refractivity contribution in [2.45, 2.75) is 25.3 Å². The first-order chi connectivity index (χ1) is 8.60. The van der Waals surface area contributed by atoms with E-state index in [0.29, 0.717) is 5.52 Å². The van der Waals surface area contributed by atoms with Gasteiger partial charge >= 0.3 is 5.97 Å². The van der Waals surface area contributed by atoms with Crippen molar-refractivity contribution in [2.75, 3.05) is 6.54 Å². The Balaban J connectivity index is 0.000001000. The second-order valence-corrected chi connectivity index (χ2v) is 4.95. The number of nitrogens with one attached hydrogen (secondary N) is 2. The average Bonchev–Trinajstić information content (AvgIpc) is 2.94. The number of carbonyl (C=O) groups is 1. The molecular formula is C13H17Cl2N3O2. The van der Waals surface area contributed by atoms with E-state index >= 15 is 0 Å². The maximum absolute atomic E-state index is 11.2. The van der Waals surface area contributed by atoms with Gasteiger partial charge in [0.05, 0.1) is 16.6 Å². The van der Waals surface area contributed by atoms with Crippen LogP contribution in [0.5, 0.6) is 0 Å². The maximum atomic E-state index is 11.2. The lowest BCUT2D eigenvalue weighted by Crippen LogP contribution is -2.34. The summed E-state index contributed by atoms with van der Waals surface area (Å²) in [6, 6.07) is 5.18. The normalized spacial score (nSPS) is 21.2. The number of hydrogen-bond donors (Lipinski definition) is 3. The highest BCUT2D eigenvalue weighted by Gasteiger charge is 2.33. The highest BCUT2D eigenvalue weighted by Crippen LogP contribution is 2.30. The molecule has 3 N–H and O–H groups in total. The molecule has 1 unspecified atom stereocenters. The zero-order valence-electron chi connectivity index (χ0n) is 11.0. The summed E-state index contributed by atoms with van der Waals surface area (Å²) in [5.41, 5.74) is 1.39. The minimum absolute atomic E-state index is 0. The van der Waals surface area contributed by atoms with Crippen molar-refractivity contribution < 1.29 is 9.90 Å². The molecule has 7 heteroatoms. The van der Waals surface area contributed by atoms with Crippen molar-refractivity contribution in [1.29, 1.82) is 0 Å². The second-order valence-electron chi connectivity index (χ2n) is 4.95. The van der Waals surface area contributed by atoms with Gasteiger partial charge in [-0.05, 0) is 38.4 Å². The smallest absolute Gasteiger partial charge is 0.337 e. The molecule has 1 atom stereocenters. The lowest BCUT2D eigenvalue weighted by atomic mass is 10.00. The number of aromatic amines is 1. The Morgan fingerprint density at radius 2 is 2.15 bits per heavy atom. The molecule has 1 aromatic carbocycles. The largest absolute Gasteiger partial charge is 0.478 e. The van der Waals surface area contributed by atoms with Crippen molar-refractivity contribution in [3.63, 3.8) is 0 Å². The topological polar surface area (TPSA) is 78.0 Å². The van der Waals surface area contributed by atoms with Crippen LogP contribution in [0.25, 0.3) is 11.0 Å². The number of aromatic nitrogens is 2. The Morgan fingerprint density at radius 1 is 1.40 bits per heavy atom. The summed E-state index contributed by atoms with van der Waals surface area (Å²) in [6.07, 6.45) is 2.12. The van der Waals surface area contributed by atoms with E-state index in [1.165, 1.54) is 0 Å². The summed E-state index contributed by atoms with van der Waals surface area (Å²) in [7, 11) is 0. The summed E-state index contributed by atoms with van der Waals surface area (Å²) in [5, 5.41) is 12.6. The molecule has 1 aromatic heterocycles. The number of imidazole rings is 1. The zero-order valence-corrected chi connectivity index (χ0v) is 12.6. The second kappa shape index (κ2) is 5.99. The number of hydrogen-bond acceptors (Lipinski definition) is 3. The number of aromatic carboxylic acids is 1. The van der Waals surface area contributed by atoms with Crippen LogP contribution < -0.4 is 5.32 Å². The van der Waals surface area contributed by atoms with Crippen LogP contribution in [0.15, 0.2) is 18.2 Å². The van der Waals surface area contributed by atoms with E-state index in [2.05, 4.69) is 22.2 Å². The van der Waals surface area contributed by atoms with Crippen LogP contribution in [0.3, 0.4) is 0 Å². The Hall–Kier alpha value is -1.30. The summed E-state index contributed by atoms with van der Waals surface area (Å²) in [4.78, 5) is 18.9. The number of rotatable bonds is 2. The number of carboxylic acids is 1. The third kappa shape index (κ3) is 2.61. The van der Waals surface area contributed by atoms with Gasteiger partial charge in [-0.3, -0.25) is 0 Å². The van der Waals surface area contributed by atoms with E-state index < -0.39 is 5.97 Å². The van der Waals surface area contributed by atoms with E-state index in [1.807, 2.05) is 6.07 Å². The van der Waals surface area contributed by atoms with E-state index in [4.69, 9.17) is 5.11 Å². The van der Waals surface area contributed by atoms with Crippen molar-refractivity contribution in [2.24, 2.45) is 0 Å². The molecule has 1 aliphatic rings. The molecule has 110 valence electrons. The van der Waals surface area contributed by atoms with E-state index in [0.717, 1.165) is 30.7 Å². The first kappa shape index (κ1) is 16.8. The van der Waals surface area contributed by atoms with Crippen molar-refractivity contribution in [3.8, 4) is 0 Å². The minimum atomic E-state index is -0.941. The molecule has 3 rings (SSSR count). The zero-order chi connectivity index (χ0) is 12.8. The number of para-hydroxylation sites is 1. The maximum Gasteiger partial charge on any atom is 0.337 e. The fraction of sp³-hybridized carbons (Fsp3) is 0.385. The SMILES string of the molecule is CC1(c2nc3c(C(=O)O)cccc3[nH]2)CCCN1.Cl.Cl. The Morgan fingerprint density at radius 3 is 2.75 bits per heavy atom. The van der Waals surface area contributed by atoms with E-state index in [1.54, 1.807) is 12.1 Å². The van der Waals surface area contributed by atoms with Gasteiger partial charge in [-0.2, -0.15) is 0 Å². The number of H-pyrrole nitrogens is 1. The van der Waals surface area contributed by atoms with Crippen LogP contribution >= 0.6 is 24.8 Å². The molecule has 0 bridgehead atoms. The van der Waals surface area contributed by atoms with Crippen LogP contribution in [0.2, 0.25) is 0 Å². The van der Waals surface area contributed by atoms with Crippen molar-refractivity contribution >= 4 is 41.8 Å². The summed E-state index contributed by atoms with van der Waals surface area (Å²) < 4.78 is 0. The molecule has 1 saturated heterocycles. The van der Waals surface area contributed by atoms with Gasteiger partial charge in [-0.15, -0.1) is 24.8 Å². The molecule has 2 aromatic rings. The first-order valence-electron chi connectivity index (χ1n) is 6.08. The number of benzene rings is 1. The molecule has 0 spiro atoms. The van der Waals surface area contributed by atoms with Crippen LogP contribution in [0.1, 0.15) is 35.9 Å². The molecule has 2 heterocycles. The molecule has 5 nitrogen and oxygen atoms in total. The average molecular weight is 318 g/mol. The molecule has 0 amide bonds. The van der Waals surface area contributed by atoms with Gasteiger partial charge in [0, 0.05) is 0 Å². The number of halogens is 2. The number of carboxylic acid groups (broad SMARTS) is 1. The monoisotopic (exact) mass is 317 g/mol. The van der Waals surface area contributed by atoms with Crippen LogP contribution in [0, 0.1) is 0 Å². The summed E-state index contributed by atoms with van der Waals surface area (Å²) in [6.45, 7) is 3.07. The Kier molecular flexibility index (Phi) is 5.02. The van der Waals surface area contributed by atoms with E-state index in [9.17, 15) is 4.79 Å². The quantitative estimate of drug-likeness (QED) is 0.795. The van der Waals surface area contributed by atoms with Crippen LogP contribution in [-0.4, -0.2) is 27.6 Å². The van der Waals surface area contributed by atoms with Crippen molar-refractivity contribution in [1.82, 2.24) is 15.3 Å². The molecule has 20 heavy (non-hydrogen) atoms. The number of nitrogens with zero attached hydrogens (tertiary/aromatic N) is 1. The molecule has 1 fully saturated rings. The van der Waals surface area contributed by atoms with Crippen LogP contribution in [-0.2, 0) is 5.54 Å². The predicted octanol–water partition coefficient (Wildman–Crippen LogP) is 2.70. The van der Waals surface area contributed by atoms with Gasteiger partial charge in [-0.25, -0.2) is 9.78 Å². The van der Waals surface area contributed by atoms with Gasteiger partial charge in [0.2, 0.25) is 0 Å². The molecule has 1 aliphatic heterocycles.